The Kier molecular flexibility index (Phi) is 3.76. The summed E-state index contributed by atoms with van der Waals surface area (Å²) in [4.78, 5) is 16.9. The van der Waals surface area contributed by atoms with Crippen molar-refractivity contribution in [1.82, 2.24) is 4.98 Å². The van der Waals surface area contributed by atoms with Gasteiger partial charge >= 0.3 is 5.97 Å². The minimum absolute atomic E-state index is 0.320. The van der Waals surface area contributed by atoms with E-state index in [4.69, 9.17) is 14.5 Å². The molecule has 1 aliphatic rings. The molecule has 2 heterocycles. The van der Waals surface area contributed by atoms with Crippen LogP contribution >= 0.6 is 0 Å². The summed E-state index contributed by atoms with van der Waals surface area (Å²) >= 11 is 0. The molecule has 0 spiro atoms. The van der Waals surface area contributed by atoms with E-state index in [0.29, 0.717) is 18.7 Å². The molecule has 126 valence electrons. The van der Waals surface area contributed by atoms with Gasteiger partial charge in [-0.15, -0.1) is 0 Å². The summed E-state index contributed by atoms with van der Waals surface area (Å²) in [5, 5.41) is 4.45. The largest absolute Gasteiger partial charge is 0.497 e. The minimum atomic E-state index is -0.320. The van der Waals surface area contributed by atoms with Crippen molar-refractivity contribution in [2.75, 3.05) is 19.0 Å². The molecule has 0 saturated carbocycles. The Hall–Kier alpha value is -3.08. The fourth-order valence-corrected chi connectivity index (χ4v) is 3.11. The first kappa shape index (κ1) is 15.4. The number of pyridine rings is 1. The molecule has 2 aromatic carbocycles. The van der Waals surface area contributed by atoms with Crippen LogP contribution in [0.2, 0.25) is 0 Å². The zero-order chi connectivity index (χ0) is 17.4. The lowest BCUT2D eigenvalue weighted by molar-refractivity contribution is 0.0526. The van der Waals surface area contributed by atoms with Crippen molar-refractivity contribution in [2.24, 2.45) is 0 Å². The van der Waals surface area contributed by atoms with E-state index in [2.05, 4.69) is 11.4 Å². The average Bonchev–Trinajstić information content (AvgIpc) is 2.65. The fourth-order valence-electron chi connectivity index (χ4n) is 3.11. The number of benzene rings is 2. The number of hydrogen-bond donors (Lipinski definition) is 1. The van der Waals surface area contributed by atoms with Crippen LogP contribution in [0.4, 0.5) is 5.69 Å². The fraction of sp³-hybridized carbons (Fsp3) is 0.200. The molecule has 1 N–H and O–H groups in total. The summed E-state index contributed by atoms with van der Waals surface area (Å²) in [6.07, 6.45) is 0. The standard InChI is InChI=1S/C20H18N2O3/c1-3-25-20(23)13-5-7-17-16(9-13)19-14(11-21-17)8-12-4-6-15(24-2)10-18(12)22-19/h4-10,21H,3,11H2,1-2H3. The van der Waals surface area contributed by atoms with Gasteiger partial charge in [0, 0.05) is 29.2 Å². The van der Waals surface area contributed by atoms with Crippen LogP contribution in [0.3, 0.4) is 0 Å². The van der Waals surface area contributed by atoms with Crippen molar-refractivity contribution < 1.29 is 14.3 Å². The van der Waals surface area contributed by atoms with Crippen LogP contribution in [0, 0.1) is 0 Å². The highest BCUT2D eigenvalue weighted by atomic mass is 16.5. The van der Waals surface area contributed by atoms with Gasteiger partial charge in [-0.3, -0.25) is 0 Å². The van der Waals surface area contributed by atoms with Crippen molar-refractivity contribution in [1.29, 1.82) is 0 Å². The molecule has 0 unspecified atom stereocenters. The quantitative estimate of drug-likeness (QED) is 0.733. The van der Waals surface area contributed by atoms with Gasteiger partial charge in [-0.1, -0.05) is 0 Å². The predicted octanol–water partition coefficient (Wildman–Crippen LogP) is 4.01. The molecule has 0 fully saturated rings. The predicted molar refractivity (Wildman–Crippen MR) is 97.0 cm³/mol. The molecule has 1 aromatic heterocycles. The molecular formula is C20H18N2O3. The van der Waals surface area contributed by atoms with Crippen LogP contribution in [-0.4, -0.2) is 24.7 Å². The number of carbonyl (C=O) groups is 1. The van der Waals surface area contributed by atoms with Crippen LogP contribution < -0.4 is 10.1 Å². The van der Waals surface area contributed by atoms with Gasteiger partial charge in [0.1, 0.15) is 5.75 Å². The molecule has 4 rings (SSSR count). The van der Waals surface area contributed by atoms with Crippen molar-refractivity contribution >= 4 is 22.6 Å². The first-order chi connectivity index (χ1) is 12.2. The molecule has 25 heavy (non-hydrogen) atoms. The summed E-state index contributed by atoms with van der Waals surface area (Å²) in [6, 6.07) is 13.5. The van der Waals surface area contributed by atoms with Gasteiger partial charge in [-0.2, -0.15) is 0 Å². The number of carbonyl (C=O) groups excluding carboxylic acids is 1. The number of aromatic nitrogens is 1. The number of fused-ring (bicyclic) bond motifs is 4. The Bertz CT molecular complexity index is 982. The lowest BCUT2D eigenvalue weighted by Gasteiger charge is -2.22. The first-order valence-electron chi connectivity index (χ1n) is 8.22. The van der Waals surface area contributed by atoms with Gasteiger partial charge in [0.25, 0.3) is 0 Å². The third-order valence-electron chi connectivity index (χ3n) is 4.36. The Morgan fingerprint density at radius 2 is 2.08 bits per heavy atom. The monoisotopic (exact) mass is 334 g/mol. The number of anilines is 1. The summed E-state index contributed by atoms with van der Waals surface area (Å²) in [7, 11) is 1.64. The normalized spacial score (nSPS) is 12.1. The second kappa shape index (κ2) is 6.09. The van der Waals surface area contributed by atoms with E-state index >= 15 is 0 Å². The number of rotatable bonds is 3. The molecule has 0 bridgehead atoms. The molecule has 5 nitrogen and oxygen atoms in total. The van der Waals surface area contributed by atoms with Crippen molar-refractivity contribution in [3.63, 3.8) is 0 Å². The zero-order valence-corrected chi connectivity index (χ0v) is 14.1. The highest BCUT2D eigenvalue weighted by molar-refractivity contribution is 5.95. The zero-order valence-electron chi connectivity index (χ0n) is 14.1. The summed E-state index contributed by atoms with van der Waals surface area (Å²) in [5.74, 6) is 0.453. The van der Waals surface area contributed by atoms with E-state index < -0.39 is 0 Å². The highest BCUT2D eigenvalue weighted by Crippen LogP contribution is 2.37. The molecular weight excluding hydrogens is 316 g/mol. The van der Waals surface area contributed by atoms with Gasteiger partial charge in [-0.25, -0.2) is 9.78 Å². The second-order valence-electron chi connectivity index (χ2n) is 5.89. The Balaban J connectivity index is 1.87. The highest BCUT2D eigenvalue weighted by Gasteiger charge is 2.20. The van der Waals surface area contributed by atoms with Gasteiger partial charge in [0.2, 0.25) is 0 Å². The maximum absolute atomic E-state index is 12.1. The number of methoxy groups -OCH3 is 1. The maximum atomic E-state index is 12.1. The Labute approximate surface area is 145 Å². The number of hydrogen-bond acceptors (Lipinski definition) is 5. The second-order valence-corrected chi connectivity index (χ2v) is 5.89. The Morgan fingerprint density at radius 3 is 2.88 bits per heavy atom. The molecule has 0 saturated heterocycles. The minimum Gasteiger partial charge on any atom is -0.497 e. The third kappa shape index (κ3) is 2.67. The van der Waals surface area contributed by atoms with Gasteiger partial charge < -0.3 is 14.8 Å². The van der Waals surface area contributed by atoms with E-state index in [0.717, 1.165) is 39.2 Å². The molecule has 3 aromatic rings. The lowest BCUT2D eigenvalue weighted by atomic mass is 9.96. The number of esters is 1. The molecule has 1 aliphatic heterocycles. The average molecular weight is 334 g/mol. The lowest BCUT2D eigenvalue weighted by Crippen LogP contribution is -2.12. The topological polar surface area (TPSA) is 60.5 Å². The van der Waals surface area contributed by atoms with E-state index in [9.17, 15) is 4.79 Å². The number of nitrogens with one attached hydrogen (secondary N) is 1. The van der Waals surface area contributed by atoms with Crippen LogP contribution in [0.15, 0.2) is 42.5 Å². The summed E-state index contributed by atoms with van der Waals surface area (Å²) in [5.41, 5.74) is 5.27. The smallest absolute Gasteiger partial charge is 0.338 e. The van der Waals surface area contributed by atoms with Crippen LogP contribution in [-0.2, 0) is 11.3 Å². The molecule has 0 atom stereocenters. The molecule has 5 heteroatoms. The van der Waals surface area contributed by atoms with Crippen molar-refractivity contribution in [2.45, 2.75) is 13.5 Å². The summed E-state index contributed by atoms with van der Waals surface area (Å²) < 4.78 is 10.4. The van der Waals surface area contributed by atoms with Gasteiger partial charge in [-0.05, 0) is 48.9 Å². The van der Waals surface area contributed by atoms with Crippen molar-refractivity contribution in [3.8, 4) is 17.0 Å². The molecule has 0 radical (unpaired) electrons. The molecule has 0 amide bonds. The van der Waals surface area contributed by atoms with Gasteiger partial charge in [0.15, 0.2) is 0 Å². The van der Waals surface area contributed by atoms with E-state index in [1.807, 2.05) is 30.3 Å². The van der Waals surface area contributed by atoms with E-state index in [-0.39, 0.29) is 5.97 Å². The Morgan fingerprint density at radius 1 is 1.20 bits per heavy atom. The van der Waals surface area contributed by atoms with Crippen LogP contribution in [0.5, 0.6) is 5.75 Å². The SMILES string of the molecule is CCOC(=O)c1ccc2c(c1)-c1nc3cc(OC)ccc3cc1CN2. The number of nitrogens with zero attached hydrogens (tertiary/aromatic N) is 1. The van der Waals surface area contributed by atoms with Crippen LogP contribution in [0.25, 0.3) is 22.2 Å². The van der Waals surface area contributed by atoms with Crippen LogP contribution in [0.1, 0.15) is 22.8 Å². The number of ether oxygens (including phenoxy) is 2. The maximum Gasteiger partial charge on any atom is 0.338 e. The van der Waals surface area contributed by atoms with E-state index in [1.165, 1.54) is 0 Å². The summed E-state index contributed by atoms with van der Waals surface area (Å²) in [6.45, 7) is 2.86. The first-order valence-corrected chi connectivity index (χ1v) is 8.22. The third-order valence-corrected chi connectivity index (χ3v) is 4.36. The molecule has 0 aliphatic carbocycles. The van der Waals surface area contributed by atoms with E-state index in [1.54, 1.807) is 20.1 Å². The van der Waals surface area contributed by atoms with Gasteiger partial charge in [0.05, 0.1) is 30.5 Å². The van der Waals surface area contributed by atoms with Crippen molar-refractivity contribution in [3.05, 3.63) is 53.6 Å².